The van der Waals surface area contributed by atoms with Gasteiger partial charge in [0.2, 0.25) is 0 Å². The third-order valence-corrected chi connectivity index (χ3v) is 2.99. The third-order valence-electron chi connectivity index (χ3n) is 2.99. The molecule has 0 unspecified atom stereocenters. The van der Waals surface area contributed by atoms with Crippen molar-refractivity contribution in [3.05, 3.63) is 48.0 Å². The van der Waals surface area contributed by atoms with Gasteiger partial charge >= 0.3 is 0 Å². The average Bonchev–Trinajstić information content (AvgIpc) is 2.90. The first-order valence-corrected chi connectivity index (χ1v) is 5.91. The minimum Gasteiger partial charge on any atom is -0.508 e. The number of aromatic nitrogens is 2. The highest BCUT2D eigenvalue weighted by molar-refractivity contribution is 5.97. The van der Waals surface area contributed by atoms with E-state index in [4.69, 9.17) is 5.21 Å². The van der Waals surface area contributed by atoms with Gasteiger partial charge in [0.25, 0.3) is 5.91 Å². The number of fused-ring (bicyclic) bond motifs is 1. The van der Waals surface area contributed by atoms with Crippen LogP contribution in [0.1, 0.15) is 10.4 Å². The van der Waals surface area contributed by atoms with E-state index in [0.717, 1.165) is 5.56 Å². The maximum absolute atomic E-state index is 11.3. The molecule has 3 rings (SSSR count). The molecule has 100 valence electrons. The van der Waals surface area contributed by atoms with E-state index in [2.05, 4.69) is 9.97 Å². The number of aromatic amines is 1. The number of hydrogen-bond acceptors (Lipinski definition) is 4. The van der Waals surface area contributed by atoms with Crippen LogP contribution in [-0.2, 0) is 0 Å². The topological polar surface area (TPSA) is 98.2 Å². The zero-order chi connectivity index (χ0) is 14.1. The SMILES string of the molecule is O=C(NO)c1ccc2nc(-c3ccc(O)cc3)[nH]c2c1. The van der Waals surface area contributed by atoms with Crippen LogP contribution in [0.4, 0.5) is 0 Å². The second kappa shape index (κ2) is 4.67. The van der Waals surface area contributed by atoms with Crippen LogP contribution in [0.5, 0.6) is 5.75 Å². The maximum Gasteiger partial charge on any atom is 0.274 e. The van der Waals surface area contributed by atoms with Crippen LogP contribution in [0.25, 0.3) is 22.4 Å². The van der Waals surface area contributed by atoms with Crippen molar-refractivity contribution in [3.63, 3.8) is 0 Å². The van der Waals surface area contributed by atoms with Crippen LogP contribution >= 0.6 is 0 Å². The number of hydrogen-bond donors (Lipinski definition) is 4. The highest BCUT2D eigenvalue weighted by Crippen LogP contribution is 2.23. The molecule has 0 atom stereocenters. The van der Waals surface area contributed by atoms with Gasteiger partial charge in [-0.25, -0.2) is 10.5 Å². The van der Waals surface area contributed by atoms with Crippen molar-refractivity contribution in [2.24, 2.45) is 0 Å². The van der Waals surface area contributed by atoms with Crippen LogP contribution in [0.2, 0.25) is 0 Å². The molecule has 1 amide bonds. The van der Waals surface area contributed by atoms with E-state index in [1.807, 2.05) is 0 Å². The molecule has 4 N–H and O–H groups in total. The smallest absolute Gasteiger partial charge is 0.274 e. The van der Waals surface area contributed by atoms with Gasteiger partial charge in [0.15, 0.2) is 0 Å². The van der Waals surface area contributed by atoms with Gasteiger partial charge in [-0.05, 0) is 42.5 Å². The number of aromatic hydroxyl groups is 1. The Labute approximate surface area is 113 Å². The number of carbonyl (C=O) groups is 1. The maximum atomic E-state index is 11.3. The number of phenols is 1. The van der Waals surface area contributed by atoms with Crippen LogP contribution in [-0.4, -0.2) is 26.2 Å². The lowest BCUT2D eigenvalue weighted by molar-refractivity contribution is 0.0706. The van der Waals surface area contributed by atoms with Gasteiger partial charge in [0, 0.05) is 11.1 Å². The summed E-state index contributed by atoms with van der Waals surface area (Å²) in [6.07, 6.45) is 0. The summed E-state index contributed by atoms with van der Waals surface area (Å²) in [5, 5.41) is 17.9. The van der Waals surface area contributed by atoms with Crippen molar-refractivity contribution >= 4 is 16.9 Å². The molecule has 0 fully saturated rings. The molecule has 0 aliphatic carbocycles. The summed E-state index contributed by atoms with van der Waals surface area (Å²) in [5.41, 5.74) is 4.15. The van der Waals surface area contributed by atoms with Crippen LogP contribution in [0.15, 0.2) is 42.5 Å². The van der Waals surface area contributed by atoms with Crippen molar-refractivity contribution in [2.75, 3.05) is 0 Å². The molecule has 0 saturated heterocycles. The molecule has 1 aromatic heterocycles. The molecule has 6 heteroatoms. The Morgan fingerprint density at radius 1 is 1.15 bits per heavy atom. The fourth-order valence-corrected chi connectivity index (χ4v) is 1.97. The highest BCUT2D eigenvalue weighted by atomic mass is 16.5. The predicted octanol–water partition coefficient (Wildman–Crippen LogP) is 2.05. The normalized spacial score (nSPS) is 10.7. The van der Waals surface area contributed by atoms with Crippen LogP contribution < -0.4 is 5.48 Å². The number of phenolic OH excluding ortho intramolecular Hbond substituents is 1. The first-order valence-electron chi connectivity index (χ1n) is 5.91. The van der Waals surface area contributed by atoms with E-state index >= 15 is 0 Å². The minimum atomic E-state index is -0.576. The Balaban J connectivity index is 2.06. The fourth-order valence-electron chi connectivity index (χ4n) is 1.97. The van der Waals surface area contributed by atoms with Gasteiger partial charge < -0.3 is 10.1 Å². The number of rotatable bonds is 2. The number of H-pyrrole nitrogens is 1. The highest BCUT2D eigenvalue weighted by Gasteiger charge is 2.09. The lowest BCUT2D eigenvalue weighted by Gasteiger charge is -1.97. The van der Waals surface area contributed by atoms with Crippen molar-refractivity contribution in [3.8, 4) is 17.1 Å². The van der Waals surface area contributed by atoms with Gasteiger partial charge in [-0.3, -0.25) is 10.0 Å². The molecule has 0 bridgehead atoms. The summed E-state index contributed by atoms with van der Waals surface area (Å²) in [7, 11) is 0. The lowest BCUT2D eigenvalue weighted by atomic mass is 10.2. The number of hydroxylamine groups is 1. The fraction of sp³-hybridized carbons (Fsp3) is 0. The van der Waals surface area contributed by atoms with Gasteiger partial charge in [0.1, 0.15) is 11.6 Å². The molecule has 1 heterocycles. The predicted molar refractivity (Wildman–Crippen MR) is 72.4 cm³/mol. The molecular weight excluding hydrogens is 258 g/mol. The van der Waals surface area contributed by atoms with Crippen molar-refractivity contribution in [1.82, 2.24) is 15.4 Å². The summed E-state index contributed by atoms with van der Waals surface area (Å²) < 4.78 is 0. The number of imidazole rings is 1. The van der Waals surface area contributed by atoms with E-state index in [9.17, 15) is 9.90 Å². The summed E-state index contributed by atoms with van der Waals surface area (Å²) in [6, 6.07) is 11.5. The number of carbonyl (C=O) groups excluding carboxylic acids is 1. The first kappa shape index (κ1) is 12.2. The molecule has 0 radical (unpaired) electrons. The zero-order valence-electron chi connectivity index (χ0n) is 10.3. The van der Waals surface area contributed by atoms with E-state index in [1.54, 1.807) is 47.9 Å². The Morgan fingerprint density at radius 2 is 1.90 bits per heavy atom. The van der Waals surface area contributed by atoms with E-state index in [1.165, 1.54) is 0 Å². The molecule has 0 aliphatic rings. The standard InChI is InChI=1S/C14H11N3O3/c18-10-4-1-8(2-5-10)13-15-11-6-3-9(14(19)17-20)7-12(11)16-13/h1-7,18,20H,(H,15,16)(H,17,19). The molecule has 0 saturated carbocycles. The number of nitrogens with one attached hydrogen (secondary N) is 2. The number of nitrogens with zero attached hydrogens (tertiary/aromatic N) is 1. The lowest BCUT2D eigenvalue weighted by Crippen LogP contribution is -2.18. The molecule has 6 nitrogen and oxygen atoms in total. The summed E-state index contributed by atoms with van der Waals surface area (Å²) in [6.45, 7) is 0. The van der Waals surface area contributed by atoms with Crippen LogP contribution in [0, 0.1) is 0 Å². The molecule has 20 heavy (non-hydrogen) atoms. The number of amides is 1. The third kappa shape index (κ3) is 2.08. The molecule has 0 aliphatic heterocycles. The Bertz CT molecular complexity index is 778. The van der Waals surface area contributed by atoms with Crippen molar-refractivity contribution < 1.29 is 15.1 Å². The molecule has 0 spiro atoms. The van der Waals surface area contributed by atoms with Gasteiger partial charge in [-0.15, -0.1) is 0 Å². The second-order valence-electron chi connectivity index (χ2n) is 4.31. The van der Waals surface area contributed by atoms with Gasteiger partial charge in [-0.1, -0.05) is 0 Å². The van der Waals surface area contributed by atoms with Crippen LogP contribution in [0.3, 0.4) is 0 Å². The minimum absolute atomic E-state index is 0.187. The Kier molecular flexibility index (Phi) is 2.85. The van der Waals surface area contributed by atoms with Crippen molar-refractivity contribution in [2.45, 2.75) is 0 Å². The molecular formula is C14H11N3O3. The second-order valence-corrected chi connectivity index (χ2v) is 4.31. The summed E-state index contributed by atoms with van der Waals surface area (Å²) >= 11 is 0. The molecule has 3 aromatic rings. The molecule has 2 aromatic carbocycles. The monoisotopic (exact) mass is 269 g/mol. The summed E-state index contributed by atoms with van der Waals surface area (Å²) in [5.74, 6) is 0.251. The van der Waals surface area contributed by atoms with Crippen molar-refractivity contribution in [1.29, 1.82) is 0 Å². The number of benzene rings is 2. The van der Waals surface area contributed by atoms with E-state index in [-0.39, 0.29) is 5.75 Å². The van der Waals surface area contributed by atoms with Gasteiger partial charge in [-0.2, -0.15) is 0 Å². The zero-order valence-corrected chi connectivity index (χ0v) is 10.3. The quantitative estimate of drug-likeness (QED) is 0.422. The Hall–Kier alpha value is -2.86. The average molecular weight is 269 g/mol. The van der Waals surface area contributed by atoms with E-state index in [0.29, 0.717) is 22.4 Å². The summed E-state index contributed by atoms with van der Waals surface area (Å²) in [4.78, 5) is 18.9. The largest absolute Gasteiger partial charge is 0.508 e. The Morgan fingerprint density at radius 3 is 2.60 bits per heavy atom. The van der Waals surface area contributed by atoms with Gasteiger partial charge in [0.05, 0.1) is 11.0 Å². The van der Waals surface area contributed by atoms with E-state index < -0.39 is 5.91 Å². The first-order chi connectivity index (χ1) is 9.67.